The first-order valence-electron chi connectivity index (χ1n) is 6.24. The molecule has 0 fully saturated rings. The molecule has 1 unspecified atom stereocenters. The minimum Gasteiger partial charge on any atom is -0.314 e. The molecule has 96 valence electrons. The Morgan fingerprint density at radius 3 is 2.82 bits per heavy atom. The Hall–Kier alpha value is -0.250. The highest BCUT2D eigenvalue weighted by molar-refractivity contribution is 7.99. The van der Waals surface area contributed by atoms with E-state index in [-0.39, 0.29) is 0 Å². The van der Waals surface area contributed by atoms with Crippen LogP contribution in [0.3, 0.4) is 0 Å². The topological polar surface area (TPSA) is 24.9 Å². The molecule has 0 saturated carbocycles. The van der Waals surface area contributed by atoms with Crippen molar-refractivity contribution >= 4 is 23.4 Å². The van der Waals surface area contributed by atoms with Gasteiger partial charge in [-0.05, 0) is 43.7 Å². The van der Waals surface area contributed by atoms with Gasteiger partial charge in [0.1, 0.15) is 0 Å². The average molecular weight is 273 g/mol. The van der Waals surface area contributed by atoms with Gasteiger partial charge < -0.3 is 5.32 Å². The Bertz CT molecular complexity index is 303. The molecule has 0 amide bonds. The average Bonchev–Trinajstić information content (AvgIpc) is 2.35. The monoisotopic (exact) mass is 272 g/mol. The molecule has 1 aromatic heterocycles. The number of nitrogens with zero attached hydrogens (tertiary/aromatic N) is 1. The Labute approximate surface area is 114 Å². The Morgan fingerprint density at radius 1 is 1.41 bits per heavy atom. The number of thioether (sulfide) groups is 1. The molecule has 1 heterocycles. The molecule has 0 aliphatic carbocycles. The predicted molar refractivity (Wildman–Crippen MR) is 77.0 cm³/mol. The number of rotatable bonds is 8. The standard InChI is InChI=1S/C13H21ClN2S/c1-3-12(15-4-2)6-5-9-17-13-8-7-11(14)10-16-13/h7-8,10,12,15H,3-6,9H2,1-2H3. The predicted octanol–water partition coefficient (Wildman–Crippen LogP) is 4.00. The van der Waals surface area contributed by atoms with Crippen LogP contribution in [0.2, 0.25) is 5.02 Å². The smallest absolute Gasteiger partial charge is 0.0960 e. The lowest BCUT2D eigenvalue weighted by Gasteiger charge is -2.14. The number of nitrogens with one attached hydrogen (secondary N) is 1. The van der Waals surface area contributed by atoms with Gasteiger partial charge in [0, 0.05) is 12.2 Å². The lowest BCUT2D eigenvalue weighted by atomic mass is 10.1. The molecule has 0 radical (unpaired) electrons. The number of aromatic nitrogens is 1. The summed E-state index contributed by atoms with van der Waals surface area (Å²) in [5.74, 6) is 1.12. The summed E-state index contributed by atoms with van der Waals surface area (Å²) in [5, 5.41) is 5.26. The minimum absolute atomic E-state index is 0.666. The summed E-state index contributed by atoms with van der Waals surface area (Å²) in [6.07, 6.45) is 5.38. The first-order chi connectivity index (χ1) is 8.26. The Balaban J connectivity index is 2.17. The second kappa shape index (κ2) is 8.78. The lowest BCUT2D eigenvalue weighted by molar-refractivity contribution is 0.477. The van der Waals surface area contributed by atoms with Crippen molar-refractivity contribution in [3.8, 4) is 0 Å². The molecular weight excluding hydrogens is 252 g/mol. The van der Waals surface area contributed by atoms with E-state index in [0.29, 0.717) is 11.1 Å². The molecule has 17 heavy (non-hydrogen) atoms. The van der Waals surface area contributed by atoms with Crippen LogP contribution in [0.4, 0.5) is 0 Å². The van der Waals surface area contributed by atoms with Crippen LogP contribution in [0.5, 0.6) is 0 Å². The Kier molecular flexibility index (Phi) is 7.65. The van der Waals surface area contributed by atoms with Crippen LogP contribution >= 0.6 is 23.4 Å². The number of pyridine rings is 1. The third-order valence-electron chi connectivity index (χ3n) is 2.63. The van der Waals surface area contributed by atoms with E-state index in [1.807, 2.05) is 12.1 Å². The van der Waals surface area contributed by atoms with Crippen molar-refractivity contribution in [2.75, 3.05) is 12.3 Å². The number of hydrogen-bond acceptors (Lipinski definition) is 3. The van der Waals surface area contributed by atoms with Crippen LogP contribution in [-0.2, 0) is 0 Å². The molecule has 0 bridgehead atoms. The summed E-state index contributed by atoms with van der Waals surface area (Å²) in [7, 11) is 0. The summed E-state index contributed by atoms with van der Waals surface area (Å²) in [4.78, 5) is 4.27. The van der Waals surface area contributed by atoms with Gasteiger partial charge in [0.25, 0.3) is 0 Å². The van der Waals surface area contributed by atoms with E-state index in [2.05, 4.69) is 24.1 Å². The SMILES string of the molecule is CCNC(CC)CCCSc1ccc(Cl)cn1. The van der Waals surface area contributed by atoms with Gasteiger partial charge in [-0.15, -0.1) is 11.8 Å². The van der Waals surface area contributed by atoms with E-state index in [1.165, 1.54) is 19.3 Å². The molecule has 4 heteroatoms. The van der Waals surface area contributed by atoms with Crippen LogP contribution < -0.4 is 5.32 Å². The quantitative estimate of drug-likeness (QED) is 0.572. The van der Waals surface area contributed by atoms with Crippen molar-refractivity contribution in [2.24, 2.45) is 0 Å². The van der Waals surface area contributed by atoms with Gasteiger partial charge >= 0.3 is 0 Å². The second-order valence-electron chi connectivity index (χ2n) is 3.97. The summed E-state index contributed by atoms with van der Waals surface area (Å²) < 4.78 is 0. The van der Waals surface area contributed by atoms with E-state index >= 15 is 0 Å². The van der Waals surface area contributed by atoms with Gasteiger partial charge in [-0.1, -0.05) is 25.4 Å². The second-order valence-corrected chi connectivity index (χ2v) is 5.52. The van der Waals surface area contributed by atoms with Crippen molar-refractivity contribution in [1.29, 1.82) is 0 Å². The maximum atomic E-state index is 5.79. The summed E-state index contributed by atoms with van der Waals surface area (Å²) in [5.41, 5.74) is 0. The maximum absolute atomic E-state index is 5.79. The zero-order valence-electron chi connectivity index (χ0n) is 10.6. The molecule has 0 aliphatic rings. The van der Waals surface area contributed by atoms with Crippen LogP contribution in [0.1, 0.15) is 33.1 Å². The highest BCUT2D eigenvalue weighted by Gasteiger charge is 2.03. The van der Waals surface area contributed by atoms with Crippen molar-refractivity contribution < 1.29 is 0 Å². The van der Waals surface area contributed by atoms with E-state index < -0.39 is 0 Å². The zero-order chi connectivity index (χ0) is 12.5. The third kappa shape index (κ3) is 6.29. The summed E-state index contributed by atoms with van der Waals surface area (Å²) >= 11 is 7.59. The van der Waals surface area contributed by atoms with E-state index in [9.17, 15) is 0 Å². The lowest BCUT2D eigenvalue weighted by Crippen LogP contribution is -2.28. The molecular formula is C13H21ClN2S. The number of halogens is 1. The van der Waals surface area contributed by atoms with Crippen molar-refractivity contribution in [3.05, 3.63) is 23.4 Å². The molecule has 2 nitrogen and oxygen atoms in total. The van der Waals surface area contributed by atoms with Crippen molar-refractivity contribution in [1.82, 2.24) is 10.3 Å². The van der Waals surface area contributed by atoms with Crippen LogP contribution in [-0.4, -0.2) is 23.3 Å². The minimum atomic E-state index is 0.666. The van der Waals surface area contributed by atoms with Crippen LogP contribution in [0.25, 0.3) is 0 Å². The molecule has 1 atom stereocenters. The third-order valence-corrected chi connectivity index (χ3v) is 3.89. The number of hydrogen-bond donors (Lipinski definition) is 1. The first kappa shape index (κ1) is 14.8. The zero-order valence-corrected chi connectivity index (χ0v) is 12.2. The van der Waals surface area contributed by atoms with Gasteiger partial charge in [0.05, 0.1) is 10.0 Å². The van der Waals surface area contributed by atoms with Crippen LogP contribution in [0.15, 0.2) is 23.4 Å². The van der Waals surface area contributed by atoms with Crippen LogP contribution in [0, 0.1) is 0 Å². The normalized spacial score (nSPS) is 12.6. The highest BCUT2D eigenvalue weighted by atomic mass is 35.5. The molecule has 0 spiro atoms. The maximum Gasteiger partial charge on any atom is 0.0960 e. The van der Waals surface area contributed by atoms with E-state index in [1.54, 1.807) is 18.0 Å². The summed E-state index contributed by atoms with van der Waals surface area (Å²) in [6, 6.07) is 4.54. The van der Waals surface area contributed by atoms with Gasteiger partial charge in [-0.2, -0.15) is 0 Å². The van der Waals surface area contributed by atoms with Crippen molar-refractivity contribution in [2.45, 2.75) is 44.2 Å². The molecule has 0 aromatic carbocycles. The molecule has 1 N–H and O–H groups in total. The largest absolute Gasteiger partial charge is 0.314 e. The van der Waals surface area contributed by atoms with Gasteiger partial charge in [0.2, 0.25) is 0 Å². The molecule has 0 saturated heterocycles. The first-order valence-corrected chi connectivity index (χ1v) is 7.60. The highest BCUT2D eigenvalue weighted by Crippen LogP contribution is 2.19. The van der Waals surface area contributed by atoms with Gasteiger partial charge in [0.15, 0.2) is 0 Å². The Morgan fingerprint density at radius 2 is 2.24 bits per heavy atom. The fourth-order valence-corrected chi connectivity index (χ4v) is 2.62. The fraction of sp³-hybridized carbons (Fsp3) is 0.615. The van der Waals surface area contributed by atoms with E-state index in [0.717, 1.165) is 17.3 Å². The van der Waals surface area contributed by atoms with Crippen molar-refractivity contribution in [3.63, 3.8) is 0 Å². The summed E-state index contributed by atoms with van der Waals surface area (Å²) in [6.45, 7) is 5.46. The molecule has 1 aromatic rings. The van der Waals surface area contributed by atoms with E-state index in [4.69, 9.17) is 11.6 Å². The molecule has 0 aliphatic heterocycles. The fourth-order valence-electron chi connectivity index (χ4n) is 1.69. The van der Waals surface area contributed by atoms with Gasteiger partial charge in [-0.3, -0.25) is 0 Å². The van der Waals surface area contributed by atoms with Gasteiger partial charge in [-0.25, -0.2) is 4.98 Å². The molecule has 1 rings (SSSR count).